The lowest BCUT2D eigenvalue weighted by molar-refractivity contribution is -0.136. The summed E-state index contributed by atoms with van der Waals surface area (Å²) in [6, 6.07) is 3.75. The Bertz CT molecular complexity index is 1480. The van der Waals surface area contributed by atoms with E-state index in [-0.39, 0.29) is 13.0 Å². The maximum atomic E-state index is 13.4. The van der Waals surface area contributed by atoms with Crippen LogP contribution in [-0.4, -0.2) is 41.9 Å². The van der Waals surface area contributed by atoms with Crippen LogP contribution in [0.1, 0.15) is 66.1 Å². The van der Waals surface area contributed by atoms with E-state index in [0.29, 0.717) is 61.8 Å². The number of benzene rings is 1. The van der Waals surface area contributed by atoms with Gasteiger partial charge in [0, 0.05) is 37.1 Å². The van der Waals surface area contributed by atoms with Crippen molar-refractivity contribution in [3.8, 4) is 5.75 Å². The van der Waals surface area contributed by atoms with Gasteiger partial charge in [0.15, 0.2) is 0 Å². The van der Waals surface area contributed by atoms with Crippen molar-refractivity contribution >= 4 is 21.6 Å². The summed E-state index contributed by atoms with van der Waals surface area (Å²) in [5.74, 6) is 1.22. The molecule has 39 heavy (non-hydrogen) atoms. The van der Waals surface area contributed by atoms with E-state index in [1.165, 1.54) is 4.31 Å². The van der Waals surface area contributed by atoms with E-state index in [4.69, 9.17) is 9.15 Å². The maximum Gasteiger partial charge on any atom is 0.303 e. The third-order valence-corrected chi connectivity index (χ3v) is 9.41. The van der Waals surface area contributed by atoms with Gasteiger partial charge in [-0.05, 0) is 68.7 Å². The number of carbonyl (C=O) groups is 1. The second-order valence-electron chi connectivity index (χ2n) is 10.0. The number of hydrogen-bond donors (Lipinski definition) is 1. The Morgan fingerprint density at radius 1 is 1.13 bits per heavy atom. The molecule has 0 bridgehead atoms. The van der Waals surface area contributed by atoms with Crippen molar-refractivity contribution in [2.45, 2.75) is 64.8 Å². The summed E-state index contributed by atoms with van der Waals surface area (Å²) in [5, 5.41) is 9.25. The van der Waals surface area contributed by atoms with Crippen LogP contribution in [0.15, 0.2) is 57.9 Å². The quantitative estimate of drug-likeness (QED) is 0.429. The van der Waals surface area contributed by atoms with Crippen molar-refractivity contribution in [3.63, 3.8) is 0 Å². The highest BCUT2D eigenvalue weighted by molar-refractivity contribution is 7.93. The highest BCUT2D eigenvalue weighted by Crippen LogP contribution is 2.35. The molecule has 2 aliphatic carbocycles. The van der Waals surface area contributed by atoms with Crippen molar-refractivity contribution in [1.29, 1.82) is 0 Å². The van der Waals surface area contributed by atoms with Crippen LogP contribution in [0.4, 0.5) is 0 Å². The number of fused-ring (bicyclic) bond motifs is 1. The largest absolute Gasteiger partial charge is 0.493 e. The van der Waals surface area contributed by atoms with E-state index >= 15 is 0 Å². The first-order valence-electron chi connectivity index (χ1n) is 13.5. The van der Waals surface area contributed by atoms with E-state index in [0.717, 1.165) is 46.6 Å². The Labute approximate surface area is 229 Å². The summed E-state index contributed by atoms with van der Waals surface area (Å²) in [7, 11) is -3.60. The fourth-order valence-electron chi connectivity index (χ4n) is 5.27. The predicted octanol–water partition coefficient (Wildman–Crippen LogP) is 5.28. The average molecular weight is 551 g/mol. The number of aliphatic carboxylic acids is 1. The molecule has 9 heteroatoms. The van der Waals surface area contributed by atoms with Crippen LogP contribution in [0.3, 0.4) is 0 Å². The average Bonchev–Trinajstić information content (AvgIpc) is 3.33. The zero-order valence-electron chi connectivity index (χ0n) is 22.2. The van der Waals surface area contributed by atoms with Gasteiger partial charge in [-0.2, -0.15) is 4.31 Å². The number of aryl methyl sites for hydroxylation is 2. The first kappa shape index (κ1) is 27.1. The summed E-state index contributed by atoms with van der Waals surface area (Å²) in [5.41, 5.74) is 4.51. The number of ether oxygens (including phenoxy) is 1. The van der Waals surface area contributed by atoms with Gasteiger partial charge in [-0.1, -0.05) is 36.4 Å². The van der Waals surface area contributed by atoms with Gasteiger partial charge in [-0.3, -0.25) is 4.79 Å². The van der Waals surface area contributed by atoms with Gasteiger partial charge < -0.3 is 14.3 Å². The van der Waals surface area contributed by atoms with Gasteiger partial charge in [0.2, 0.25) is 15.9 Å². The third-order valence-electron chi connectivity index (χ3n) is 7.42. The zero-order valence-corrected chi connectivity index (χ0v) is 23.0. The molecule has 0 atom stereocenters. The van der Waals surface area contributed by atoms with Crippen molar-refractivity contribution in [3.05, 3.63) is 87.5 Å². The van der Waals surface area contributed by atoms with Crippen LogP contribution in [0, 0.1) is 6.92 Å². The lowest BCUT2D eigenvalue weighted by Gasteiger charge is -2.32. The molecule has 0 unspecified atom stereocenters. The fraction of sp³-hybridized carbons (Fsp3) is 0.400. The molecule has 3 aliphatic rings. The second-order valence-corrected chi connectivity index (χ2v) is 12.0. The summed E-state index contributed by atoms with van der Waals surface area (Å²) in [4.78, 5) is 16.4. The SMILES string of the molecule is Cc1oc(C2=CCCC=C2)nc1CCOc1ccc(CCC(=O)O)c2c1CCN(S(=O)(=O)C1=CC=CCC1)C2. The van der Waals surface area contributed by atoms with Gasteiger partial charge in [0.05, 0.1) is 17.2 Å². The molecule has 0 saturated heterocycles. The minimum absolute atomic E-state index is 0.0191. The molecule has 0 fully saturated rings. The van der Waals surface area contributed by atoms with Gasteiger partial charge in [0.25, 0.3) is 0 Å². The molecule has 1 aromatic carbocycles. The van der Waals surface area contributed by atoms with Crippen LogP contribution < -0.4 is 4.74 Å². The first-order chi connectivity index (χ1) is 18.8. The van der Waals surface area contributed by atoms with E-state index in [2.05, 4.69) is 17.1 Å². The number of rotatable bonds is 10. The molecule has 1 N–H and O–H groups in total. The van der Waals surface area contributed by atoms with Crippen molar-refractivity contribution in [1.82, 2.24) is 9.29 Å². The second kappa shape index (κ2) is 11.8. The zero-order chi connectivity index (χ0) is 27.4. The van der Waals surface area contributed by atoms with Crippen molar-refractivity contribution < 1.29 is 27.5 Å². The summed E-state index contributed by atoms with van der Waals surface area (Å²) in [6.45, 7) is 2.86. The van der Waals surface area contributed by atoms with E-state index in [1.807, 2.05) is 31.2 Å². The van der Waals surface area contributed by atoms with Crippen LogP contribution in [-0.2, 0) is 40.6 Å². The number of aromatic nitrogens is 1. The monoisotopic (exact) mass is 550 g/mol. The molecule has 2 aromatic rings. The summed E-state index contributed by atoms with van der Waals surface area (Å²) >= 11 is 0. The molecule has 2 heterocycles. The minimum Gasteiger partial charge on any atom is -0.493 e. The van der Waals surface area contributed by atoms with Gasteiger partial charge in [-0.25, -0.2) is 13.4 Å². The summed E-state index contributed by atoms with van der Waals surface area (Å²) < 4.78 is 40.4. The summed E-state index contributed by atoms with van der Waals surface area (Å²) in [6.07, 6.45) is 16.3. The molecule has 1 aliphatic heterocycles. The third kappa shape index (κ3) is 6.09. The smallest absolute Gasteiger partial charge is 0.303 e. The number of allylic oxidation sites excluding steroid dienone is 8. The van der Waals surface area contributed by atoms with Gasteiger partial charge in [-0.15, -0.1) is 0 Å². The molecule has 206 valence electrons. The predicted molar refractivity (Wildman–Crippen MR) is 149 cm³/mol. The molecule has 0 saturated carbocycles. The van der Waals surface area contributed by atoms with Crippen LogP contribution in [0.5, 0.6) is 5.75 Å². The highest BCUT2D eigenvalue weighted by Gasteiger charge is 2.32. The highest BCUT2D eigenvalue weighted by atomic mass is 32.2. The van der Waals surface area contributed by atoms with Crippen LogP contribution in [0.25, 0.3) is 5.57 Å². The van der Waals surface area contributed by atoms with E-state index < -0.39 is 16.0 Å². The fourth-order valence-corrected chi connectivity index (χ4v) is 6.86. The number of nitrogens with zero attached hydrogens (tertiary/aromatic N) is 2. The number of oxazole rings is 1. The van der Waals surface area contributed by atoms with E-state index in [1.54, 1.807) is 12.2 Å². The number of carboxylic acid groups (broad SMARTS) is 1. The van der Waals surface area contributed by atoms with Crippen molar-refractivity contribution in [2.75, 3.05) is 13.2 Å². The molecule has 0 radical (unpaired) electrons. The standard InChI is InChI=1S/C30H34N2O6S/c1-21-27(31-30(38-21)23-8-4-2-5-9-23)17-19-37-28-14-12-22(13-15-29(33)34)26-20-32(18-16-25(26)28)39(35,36)24-10-6-3-7-11-24/h3-4,6,8-10,12,14H,2,5,7,11,13,15-20H2,1H3,(H,33,34). The molecular formula is C30H34N2O6S. The Hall–Kier alpha value is -3.43. The van der Waals surface area contributed by atoms with Gasteiger partial charge in [0.1, 0.15) is 11.5 Å². The first-order valence-corrected chi connectivity index (χ1v) is 14.9. The van der Waals surface area contributed by atoms with Crippen LogP contribution in [0.2, 0.25) is 0 Å². The van der Waals surface area contributed by atoms with Crippen molar-refractivity contribution in [2.24, 2.45) is 0 Å². The molecule has 8 nitrogen and oxygen atoms in total. The Morgan fingerprint density at radius 2 is 2.00 bits per heavy atom. The lowest BCUT2D eigenvalue weighted by atomic mass is 9.92. The Balaban J connectivity index is 1.34. The van der Waals surface area contributed by atoms with Crippen LogP contribution >= 0.6 is 0 Å². The topological polar surface area (TPSA) is 110 Å². The molecule has 0 spiro atoms. The molecule has 1 aromatic heterocycles. The molecule has 5 rings (SSSR count). The number of hydrogen-bond acceptors (Lipinski definition) is 6. The molecule has 0 amide bonds. The number of sulfonamides is 1. The Morgan fingerprint density at radius 3 is 2.74 bits per heavy atom. The van der Waals surface area contributed by atoms with E-state index in [9.17, 15) is 18.3 Å². The Kier molecular flexibility index (Phi) is 8.18. The lowest BCUT2D eigenvalue weighted by Crippen LogP contribution is -2.37. The van der Waals surface area contributed by atoms with Gasteiger partial charge >= 0.3 is 5.97 Å². The minimum atomic E-state index is -3.60. The molecular weight excluding hydrogens is 516 g/mol. The number of carboxylic acids is 1. The maximum absolute atomic E-state index is 13.4. The normalized spacial score (nSPS) is 17.5.